The van der Waals surface area contributed by atoms with E-state index in [1.165, 1.54) is 0 Å². The van der Waals surface area contributed by atoms with Gasteiger partial charge in [-0.1, -0.05) is 11.3 Å². The van der Waals surface area contributed by atoms with Gasteiger partial charge in [-0.15, -0.1) is 0 Å². The lowest BCUT2D eigenvalue weighted by Gasteiger charge is -2.17. The lowest BCUT2D eigenvalue weighted by molar-refractivity contribution is -0.119. The molecule has 1 N–H and O–H groups in total. The lowest BCUT2D eigenvalue weighted by Crippen LogP contribution is -2.25. The number of nitrogens with zero attached hydrogens (tertiary/aromatic N) is 2. The number of thiazole rings is 1. The van der Waals surface area contributed by atoms with Crippen molar-refractivity contribution in [1.82, 2.24) is 9.55 Å². The molecule has 0 aliphatic heterocycles. The van der Waals surface area contributed by atoms with E-state index in [0.29, 0.717) is 22.3 Å². The lowest BCUT2D eigenvalue weighted by atomic mass is 10.2. The zero-order chi connectivity index (χ0) is 17.5. The van der Waals surface area contributed by atoms with Gasteiger partial charge in [-0.05, 0) is 44.4 Å². The normalized spacial score (nSPS) is 12.0. The molecule has 6 nitrogen and oxygen atoms in total. The standard InChI is InChI=1S/C16H21N3O3S2/c1-4-22-15(21)13-11(2)17-16(24-13)18-14(20)12(7-10-23-3)19-8-5-6-9-19/h5-6,8-9,12H,4,7,10H2,1-3H3,(H,17,18,20)/t12-/m0/s1. The van der Waals surface area contributed by atoms with Gasteiger partial charge in [0, 0.05) is 12.4 Å². The highest BCUT2D eigenvalue weighted by Gasteiger charge is 2.22. The maximum Gasteiger partial charge on any atom is 0.350 e. The quantitative estimate of drug-likeness (QED) is 0.724. The summed E-state index contributed by atoms with van der Waals surface area (Å²) in [6, 6.07) is 3.49. The van der Waals surface area contributed by atoms with Crippen molar-refractivity contribution in [3.63, 3.8) is 0 Å². The molecule has 0 aromatic carbocycles. The average molecular weight is 367 g/mol. The summed E-state index contributed by atoms with van der Waals surface area (Å²) in [5, 5.41) is 3.25. The Morgan fingerprint density at radius 3 is 2.75 bits per heavy atom. The van der Waals surface area contributed by atoms with Gasteiger partial charge in [0.2, 0.25) is 5.91 Å². The Balaban J connectivity index is 2.12. The van der Waals surface area contributed by atoms with Crippen LogP contribution in [0.4, 0.5) is 5.13 Å². The van der Waals surface area contributed by atoms with Crippen LogP contribution in [0.15, 0.2) is 24.5 Å². The Morgan fingerprint density at radius 1 is 1.42 bits per heavy atom. The second-order valence-corrected chi connectivity index (χ2v) is 7.06. The molecular weight excluding hydrogens is 346 g/mol. The Morgan fingerprint density at radius 2 is 2.12 bits per heavy atom. The third-order valence-corrected chi connectivity index (χ3v) is 5.07. The molecule has 0 radical (unpaired) electrons. The number of anilines is 1. The SMILES string of the molecule is CCOC(=O)c1sc(NC(=O)[C@H](CCSC)n2cccc2)nc1C. The number of ether oxygens (including phenoxy) is 1. The van der Waals surface area contributed by atoms with Gasteiger partial charge >= 0.3 is 5.97 Å². The number of amides is 1. The first-order chi connectivity index (χ1) is 11.6. The maximum absolute atomic E-state index is 12.6. The number of aromatic nitrogens is 2. The average Bonchev–Trinajstić information content (AvgIpc) is 3.18. The van der Waals surface area contributed by atoms with E-state index in [1.807, 2.05) is 35.3 Å². The molecule has 24 heavy (non-hydrogen) atoms. The van der Waals surface area contributed by atoms with Gasteiger partial charge in [-0.2, -0.15) is 11.8 Å². The summed E-state index contributed by atoms with van der Waals surface area (Å²) in [4.78, 5) is 29.2. The van der Waals surface area contributed by atoms with Crippen LogP contribution in [0, 0.1) is 6.92 Å². The van der Waals surface area contributed by atoms with Gasteiger partial charge in [0.15, 0.2) is 5.13 Å². The van der Waals surface area contributed by atoms with Crippen LogP contribution in [0.1, 0.15) is 34.8 Å². The topological polar surface area (TPSA) is 73.2 Å². The van der Waals surface area contributed by atoms with E-state index in [9.17, 15) is 9.59 Å². The van der Waals surface area contributed by atoms with E-state index in [0.717, 1.165) is 23.5 Å². The highest BCUT2D eigenvalue weighted by molar-refractivity contribution is 7.98. The molecular formula is C16H21N3O3S2. The molecule has 2 rings (SSSR count). The van der Waals surface area contributed by atoms with E-state index >= 15 is 0 Å². The summed E-state index contributed by atoms with van der Waals surface area (Å²) >= 11 is 2.84. The van der Waals surface area contributed by atoms with Crippen molar-refractivity contribution in [2.45, 2.75) is 26.3 Å². The monoisotopic (exact) mass is 367 g/mol. The number of aryl methyl sites for hydroxylation is 1. The molecule has 8 heteroatoms. The van der Waals surface area contributed by atoms with Gasteiger partial charge in [0.1, 0.15) is 10.9 Å². The van der Waals surface area contributed by atoms with Crippen LogP contribution in [0.2, 0.25) is 0 Å². The summed E-state index contributed by atoms with van der Waals surface area (Å²) in [5.41, 5.74) is 0.565. The van der Waals surface area contributed by atoms with Gasteiger partial charge in [0.05, 0.1) is 12.3 Å². The molecule has 0 fully saturated rings. The number of hydrogen-bond donors (Lipinski definition) is 1. The van der Waals surface area contributed by atoms with Crippen LogP contribution in [-0.4, -0.2) is 40.0 Å². The molecule has 0 saturated heterocycles. The molecule has 0 aliphatic carbocycles. The highest BCUT2D eigenvalue weighted by Crippen LogP contribution is 2.25. The Hall–Kier alpha value is -1.80. The van der Waals surface area contributed by atoms with Crippen molar-refractivity contribution in [2.24, 2.45) is 0 Å². The van der Waals surface area contributed by atoms with Crippen molar-refractivity contribution >= 4 is 40.1 Å². The predicted octanol–water partition coefficient (Wildman–Crippen LogP) is 3.36. The zero-order valence-corrected chi connectivity index (χ0v) is 15.6. The Bertz CT molecular complexity index is 683. The minimum atomic E-state index is -0.405. The van der Waals surface area contributed by atoms with Crippen molar-refractivity contribution in [3.05, 3.63) is 35.1 Å². The summed E-state index contributed by atoms with van der Waals surface area (Å²) in [6.45, 7) is 3.79. The first-order valence-corrected chi connectivity index (χ1v) is 9.84. The molecule has 1 atom stereocenters. The third kappa shape index (κ3) is 4.61. The van der Waals surface area contributed by atoms with Crippen LogP contribution >= 0.6 is 23.1 Å². The molecule has 0 unspecified atom stereocenters. The second kappa shape index (κ2) is 8.89. The zero-order valence-electron chi connectivity index (χ0n) is 13.9. The summed E-state index contributed by atoms with van der Waals surface area (Å²) in [6.07, 6.45) is 6.49. The van der Waals surface area contributed by atoms with Gasteiger partial charge in [0.25, 0.3) is 0 Å². The number of carbonyl (C=O) groups excluding carboxylic acids is 2. The van der Waals surface area contributed by atoms with E-state index in [2.05, 4.69) is 10.3 Å². The van der Waals surface area contributed by atoms with Crippen LogP contribution in [0.3, 0.4) is 0 Å². The molecule has 1 amide bonds. The first-order valence-electron chi connectivity index (χ1n) is 7.63. The second-order valence-electron chi connectivity index (χ2n) is 5.07. The van der Waals surface area contributed by atoms with E-state index in [1.54, 1.807) is 25.6 Å². The van der Waals surface area contributed by atoms with Crippen LogP contribution in [-0.2, 0) is 9.53 Å². The number of esters is 1. The molecule has 2 aromatic rings. The minimum absolute atomic E-state index is 0.135. The van der Waals surface area contributed by atoms with Gasteiger partial charge < -0.3 is 14.6 Å². The smallest absolute Gasteiger partial charge is 0.350 e. The molecule has 0 bridgehead atoms. The minimum Gasteiger partial charge on any atom is -0.462 e. The summed E-state index contributed by atoms with van der Waals surface area (Å²) in [5.74, 6) is 0.336. The fourth-order valence-electron chi connectivity index (χ4n) is 2.23. The number of rotatable bonds is 8. The molecule has 2 heterocycles. The molecule has 0 aliphatic rings. The van der Waals surface area contributed by atoms with E-state index in [-0.39, 0.29) is 11.9 Å². The van der Waals surface area contributed by atoms with Crippen molar-refractivity contribution in [2.75, 3.05) is 23.9 Å². The molecule has 0 spiro atoms. The van der Waals surface area contributed by atoms with Crippen molar-refractivity contribution < 1.29 is 14.3 Å². The summed E-state index contributed by atoms with van der Waals surface area (Å²) < 4.78 is 6.89. The number of carbonyl (C=O) groups is 2. The molecule has 2 aromatic heterocycles. The molecule has 130 valence electrons. The largest absolute Gasteiger partial charge is 0.462 e. The van der Waals surface area contributed by atoms with Crippen LogP contribution in [0.25, 0.3) is 0 Å². The van der Waals surface area contributed by atoms with Crippen LogP contribution in [0.5, 0.6) is 0 Å². The van der Waals surface area contributed by atoms with Gasteiger partial charge in [-0.25, -0.2) is 9.78 Å². The number of nitrogens with one attached hydrogen (secondary N) is 1. The fourth-order valence-corrected chi connectivity index (χ4v) is 3.55. The van der Waals surface area contributed by atoms with Crippen molar-refractivity contribution in [1.29, 1.82) is 0 Å². The fraction of sp³-hybridized carbons (Fsp3) is 0.438. The van der Waals surface area contributed by atoms with Crippen molar-refractivity contribution in [3.8, 4) is 0 Å². The van der Waals surface area contributed by atoms with E-state index in [4.69, 9.17) is 4.74 Å². The Kier molecular flexibility index (Phi) is 6.86. The maximum atomic E-state index is 12.6. The van der Waals surface area contributed by atoms with Gasteiger partial charge in [-0.3, -0.25) is 4.79 Å². The highest BCUT2D eigenvalue weighted by atomic mass is 32.2. The van der Waals surface area contributed by atoms with E-state index < -0.39 is 5.97 Å². The Labute approximate surface area is 149 Å². The summed E-state index contributed by atoms with van der Waals surface area (Å²) in [7, 11) is 0. The first kappa shape index (κ1) is 18.5. The number of hydrogen-bond acceptors (Lipinski definition) is 6. The number of thioether (sulfide) groups is 1. The molecule has 0 saturated carbocycles. The predicted molar refractivity (Wildman–Crippen MR) is 97.9 cm³/mol. The van der Waals surface area contributed by atoms with Crippen LogP contribution < -0.4 is 5.32 Å². The third-order valence-electron chi connectivity index (χ3n) is 3.37.